The third-order valence-electron chi connectivity index (χ3n) is 5.18. The van der Waals surface area contributed by atoms with E-state index in [-0.39, 0.29) is 0 Å². The molecule has 0 radical (unpaired) electrons. The summed E-state index contributed by atoms with van der Waals surface area (Å²) in [6, 6.07) is 0. The molecule has 1 nitrogen and oxygen atoms in total. The molecule has 3 unspecified atom stereocenters. The predicted octanol–water partition coefficient (Wildman–Crippen LogP) is 4.64. The first kappa shape index (κ1) is 13.9. The Morgan fingerprint density at radius 3 is 2.59 bits per heavy atom. The van der Waals surface area contributed by atoms with Crippen molar-refractivity contribution in [3.63, 3.8) is 0 Å². The molecule has 17 heavy (non-hydrogen) atoms. The molecule has 0 aromatic heterocycles. The van der Waals surface area contributed by atoms with Crippen LogP contribution in [0.1, 0.15) is 52.9 Å². The molecular weight excluding hydrogens is 276 g/mol. The maximum absolute atomic E-state index is 6.02. The van der Waals surface area contributed by atoms with E-state index in [0.717, 1.165) is 30.3 Å². The summed E-state index contributed by atoms with van der Waals surface area (Å²) < 4.78 is 6.02. The summed E-state index contributed by atoms with van der Waals surface area (Å²) in [6.07, 6.45) is 7.44. The topological polar surface area (TPSA) is 9.23 Å². The quantitative estimate of drug-likeness (QED) is 0.675. The lowest BCUT2D eigenvalue weighted by atomic mass is 9.66. The highest BCUT2D eigenvalue weighted by molar-refractivity contribution is 9.09. The van der Waals surface area contributed by atoms with E-state index in [4.69, 9.17) is 4.74 Å². The average Bonchev–Trinajstić information content (AvgIpc) is 2.50. The Morgan fingerprint density at radius 1 is 1.12 bits per heavy atom. The fourth-order valence-corrected chi connectivity index (χ4v) is 4.20. The second-order valence-corrected chi connectivity index (χ2v) is 7.72. The summed E-state index contributed by atoms with van der Waals surface area (Å²) in [5.74, 6) is 3.41. The fraction of sp³-hybridized carbons (Fsp3) is 1.00. The van der Waals surface area contributed by atoms with Gasteiger partial charge in [-0.05, 0) is 49.9 Å². The van der Waals surface area contributed by atoms with Gasteiger partial charge >= 0.3 is 0 Å². The molecule has 0 amide bonds. The van der Waals surface area contributed by atoms with E-state index in [1.165, 1.54) is 32.1 Å². The third kappa shape index (κ3) is 3.26. The number of hydrogen-bond acceptors (Lipinski definition) is 1. The Kier molecular flexibility index (Phi) is 4.94. The van der Waals surface area contributed by atoms with Crippen molar-refractivity contribution >= 4 is 15.9 Å². The molecule has 0 aromatic rings. The molecule has 2 heteroatoms. The van der Waals surface area contributed by atoms with Gasteiger partial charge in [-0.3, -0.25) is 0 Å². The number of halogens is 1. The molecule has 1 saturated carbocycles. The van der Waals surface area contributed by atoms with Crippen LogP contribution in [0.4, 0.5) is 0 Å². The Bertz CT molecular complexity index is 241. The van der Waals surface area contributed by atoms with Crippen LogP contribution >= 0.6 is 15.9 Å². The molecule has 0 aromatic carbocycles. The molecule has 2 fully saturated rings. The smallest absolute Gasteiger partial charge is 0.0547 e. The Labute approximate surface area is 115 Å². The zero-order valence-corrected chi connectivity index (χ0v) is 13.1. The van der Waals surface area contributed by atoms with Crippen molar-refractivity contribution in [3.05, 3.63) is 0 Å². The van der Waals surface area contributed by atoms with Crippen molar-refractivity contribution < 1.29 is 4.74 Å². The molecule has 0 bridgehead atoms. The zero-order valence-electron chi connectivity index (χ0n) is 11.5. The van der Waals surface area contributed by atoms with Gasteiger partial charge in [-0.2, -0.15) is 0 Å². The highest BCUT2D eigenvalue weighted by Gasteiger charge is 2.38. The highest BCUT2D eigenvalue weighted by atomic mass is 79.9. The van der Waals surface area contributed by atoms with Crippen molar-refractivity contribution in [1.29, 1.82) is 0 Å². The van der Waals surface area contributed by atoms with Gasteiger partial charge in [0.05, 0.1) is 12.7 Å². The summed E-state index contributed by atoms with van der Waals surface area (Å²) in [5.41, 5.74) is 0. The minimum Gasteiger partial charge on any atom is -0.378 e. The standard InChI is InChI=1S/C15H27BrO/c1-10-7-8-13-5-4-6-14(11(2)12(3)16)15(13)9-17-10/h10-15H,4-9H2,1-3H3/t10-,11-,12-,13?,14?,15?/m0/s1. The lowest BCUT2D eigenvalue weighted by Gasteiger charge is -2.41. The first-order valence-electron chi connectivity index (χ1n) is 7.35. The minimum atomic E-state index is 0.484. The van der Waals surface area contributed by atoms with Gasteiger partial charge < -0.3 is 4.74 Å². The van der Waals surface area contributed by atoms with E-state index in [1.54, 1.807) is 0 Å². The van der Waals surface area contributed by atoms with Crippen LogP contribution in [0.5, 0.6) is 0 Å². The molecule has 2 aliphatic rings. The molecule has 1 aliphatic heterocycles. The predicted molar refractivity (Wildman–Crippen MR) is 76.5 cm³/mol. The second kappa shape index (κ2) is 6.06. The molecule has 0 spiro atoms. The van der Waals surface area contributed by atoms with E-state index in [9.17, 15) is 0 Å². The molecule has 100 valence electrons. The van der Waals surface area contributed by atoms with E-state index < -0.39 is 0 Å². The Hall–Kier alpha value is 0.440. The van der Waals surface area contributed by atoms with Crippen LogP contribution in [-0.2, 0) is 4.74 Å². The van der Waals surface area contributed by atoms with Crippen molar-refractivity contribution in [2.75, 3.05) is 6.61 Å². The Balaban J connectivity index is 2.06. The molecule has 1 aliphatic carbocycles. The summed E-state index contributed by atoms with van der Waals surface area (Å²) in [7, 11) is 0. The molecule has 0 N–H and O–H groups in total. The van der Waals surface area contributed by atoms with Gasteiger partial charge in [0, 0.05) is 4.83 Å². The number of alkyl halides is 1. The van der Waals surface area contributed by atoms with Crippen LogP contribution in [-0.4, -0.2) is 17.5 Å². The monoisotopic (exact) mass is 302 g/mol. The maximum atomic E-state index is 6.02. The average molecular weight is 303 g/mol. The normalized spacial score (nSPS) is 42.4. The third-order valence-corrected chi connectivity index (χ3v) is 6.02. The maximum Gasteiger partial charge on any atom is 0.0547 e. The zero-order chi connectivity index (χ0) is 12.4. The molecule has 1 saturated heterocycles. The minimum absolute atomic E-state index is 0.484. The van der Waals surface area contributed by atoms with Crippen LogP contribution in [0.2, 0.25) is 0 Å². The van der Waals surface area contributed by atoms with Gasteiger partial charge in [0.15, 0.2) is 0 Å². The van der Waals surface area contributed by atoms with Crippen LogP contribution in [0, 0.1) is 23.7 Å². The van der Waals surface area contributed by atoms with Crippen molar-refractivity contribution in [1.82, 2.24) is 0 Å². The number of hydrogen-bond donors (Lipinski definition) is 0. The van der Waals surface area contributed by atoms with E-state index >= 15 is 0 Å². The number of rotatable bonds is 2. The van der Waals surface area contributed by atoms with Gasteiger partial charge in [-0.25, -0.2) is 0 Å². The number of ether oxygens (including phenoxy) is 1. The fourth-order valence-electron chi connectivity index (χ4n) is 3.81. The first-order valence-corrected chi connectivity index (χ1v) is 8.26. The highest BCUT2D eigenvalue weighted by Crippen LogP contribution is 2.44. The van der Waals surface area contributed by atoms with Gasteiger partial charge in [0.2, 0.25) is 0 Å². The van der Waals surface area contributed by atoms with Gasteiger partial charge in [0.25, 0.3) is 0 Å². The molecule has 1 heterocycles. The van der Waals surface area contributed by atoms with Gasteiger partial charge in [-0.1, -0.05) is 42.6 Å². The summed E-state index contributed by atoms with van der Waals surface area (Å²) >= 11 is 3.78. The largest absolute Gasteiger partial charge is 0.378 e. The van der Waals surface area contributed by atoms with Gasteiger partial charge in [0.1, 0.15) is 0 Å². The van der Waals surface area contributed by atoms with E-state index in [0.29, 0.717) is 10.9 Å². The van der Waals surface area contributed by atoms with Crippen molar-refractivity contribution in [2.24, 2.45) is 23.7 Å². The van der Waals surface area contributed by atoms with Crippen molar-refractivity contribution in [3.8, 4) is 0 Å². The lowest BCUT2D eigenvalue weighted by Crippen LogP contribution is -2.36. The Morgan fingerprint density at radius 2 is 1.88 bits per heavy atom. The number of fused-ring (bicyclic) bond motifs is 1. The summed E-state index contributed by atoms with van der Waals surface area (Å²) in [6.45, 7) is 7.97. The van der Waals surface area contributed by atoms with Gasteiger partial charge in [-0.15, -0.1) is 0 Å². The van der Waals surface area contributed by atoms with E-state index in [1.807, 2.05) is 0 Å². The molecular formula is C15H27BrO. The van der Waals surface area contributed by atoms with Crippen LogP contribution in [0.15, 0.2) is 0 Å². The molecule has 2 rings (SSSR count). The van der Waals surface area contributed by atoms with Crippen LogP contribution in [0.3, 0.4) is 0 Å². The first-order chi connectivity index (χ1) is 8.09. The summed E-state index contributed by atoms with van der Waals surface area (Å²) in [4.78, 5) is 0.631. The van der Waals surface area contributed by atoms with Crippen molar-refractivity contribution in [2.45, 2.75) is 63.8 Å². The van der Waals surface area contributed by atoms with E-state index in [2.05, 4.69) is 36.7 Å². The lowest BCUT2D eigenvalue weighted by molar-refractivity contribution is 0.00615. The SMILES string of the molecule is C[C@H](Br)[C@H](C)C1CCCC2CC[C@H](C)OCC21. The second-order valence-electron chi connectivity index (χ2n) is 6.28. The molecule has 6 atom stereocenters. The van der Waals surface area contributed by atoms with Crippen LogP contribution in [0.25, 0.3) is 0 Å². The van der Waals surface area contributed by atoms with Crippen LogP contribution < -0.4 is 0 Å². The summed E-state index contributed by atoms with van der Waals surface area (Å²) in [5, 5.41) is 0.